The number of fused-ring (bicyclic) bond motifs is 1. The topological polar surface area (TPSA) is 54.0 Å². The van der Waals surface area contributed by atoms with Crippen LogP contribution < -0.4 is 10.6 Å². The van der Waals surface area contributed by atoms with Crippen molar-refractivity contribution in [3.63, 3.8) is 0 Å². The van der Waals surface area contributed by atoms with E-state index >= 15 is 0 Å². The number of piperidine rings is 1. The molecule has 3 rings (SSSR count). The second-order valence-electron chi connectivity index (χ2n) is 5.60. The first-order valence-corrected chi connectivity index (χ1v) is 7.82. The number of hydrogen-bond donors (Lipinski definition) is 2. The molecule has 1 saturated heterocycles. The van der Waals surface area contributed by atoms with Crippen LogP contribution >= 0.6 is 23.7 Å². The molecule has 114 valence electrons. The lowest BCUT2D eigenvalue weighted by atomic mass is 9.82. The summed E-state index contributed by atoms with van der Waals surface area (Å²) in [7, 11) is 0. The summed E-state index contributed by atoms with van der Waals surface area (Å²) in [5.74, 6) is 0.129. The SMILES string of the molecule is CC1(C(=O)NCc2nc3ccccc3s2)CCCNC1.Cl. The number of nitrogens with one attached hydrogen (secondary N) is 2. The van der Waals surface area contributed by atoms with Crippen molar-refractivity contribution >= 4 is 39.9 Å². The van der Waals surface area contributed by atoms with Gasteiger partial charge < -0.3 is 10.6 Å². The molecule has 2 N–H and O–H groups in total. The normalized spacial score (nSPS) is 21.8. The number of benzene rings is 1. The van der Waals surface area contributed by atoms with Crippen molar-refractivity contribution in [3.05, 3.63) is 29.3 Å². The number of carbonyl (C=O) groups is 1. The van der Waals surface area contributed by atoms with Crippen molar-refractivity contribution < 1.29 is 4.79 Å². The second-order valence-corrected chi connectivity index (χ2v) is 6.71. The van der Waals surface area contributed by atoms with Gasteiger partial charge in [0.25, 0.3) is 0 Å². The molecule has 0 saturated carbocycles. The van der Waals surface area contributed by atoms with Crippen molar-refractivity contribution in [1.82, 2.24) is 15.6 Å². The second kappa shape index (κ2) is 6.73. The molecule has 6 heteroatoms. The number of nitrogens with zero attached hydrogens (tertiary/aromatic N) is 1. The highest BCUT2D eigenvalue weighted by atomic mass is 35.5. The summed E-state index contributed by atoms with van der Waals surface area (Å²) >= 11 is 1.64. The van der Waals surface area contributed by atoms with Gasteiger partial charge in [-0.2, -0.15) is 0 Å². The first-order valence-electron chi connectivity index (χ1n) is 7.01. The number of thiazole rings is 1. The largest absolute Gasteiger partial charge is 0.349 e. The van der Waals surface area contributed by atoms with Crippen LogP contribution in [-0.4, -0.2) is 24.0 Å². The van der Waals surface area contributed by atoms with Crippen LogP contribution in [0.1, 0.15) is 24.8 Å². The maximum absolute atomic E-state index is 12.3. The van der Waals surface area contributed by atoms with E-state index in [1.54, 1.807) is 11.3 Å². The van der Waals surface area contributed by atoms with Gasteiger partial charge in [-0.25, -0.2) is 4.98 Å². The van der Waals surface area contributed by atoms with Gasteiger partial charge in [0, 0.05) is 6.54 Å². The summed E-state index contributed by atoms with van der Waals surface area (Å²) in [6.45, 7) is 4.33. The number of carbonyl (C=O) groups excluding carboxylic acids is 1. The van der Waals surface area contributed by atoms with Gasteiger partial charge in [-0.05, 0) is 38.4 Å². The van der Waals surface area contributed by atoms with Crippen LogP contribution in [0.15, 0.2) is 24.3 Å². The molecule has 1 unspecified atom stereocenters. The predicted octanol–water partition coefficient (Wildman–Crippen LogP) is 2.72. The van der Waals surface area contributed by atoms with Gasteiger partial charge >= 0.3 is 0 Å². The molecule has 0 radical (unpaired) electrons. The van der Waals surface area contributed by atoms with Gasteiger partial charge in [0.15, 0.2) is 0 Å². The molecule has 1 aromatic carbocycles. The zero-order valence-electron chi connectivity index (χ0n) is 12.0. The van der Waals surface area contributed by atoms with Crippen LogP contribution in [0.4, 0.5) is 0 Å². The molecule has 1 aliphatic heterocycles. The Bertz CT molecular complexity index is 589. The maximum Gasteiger partial charge on any atom is 0.227 e. The molecule has 0 aliphatic carbocycles. The summed E-state index contributed by atoms with van der Waals surface area (Å²) in [5.41, 5.74) is 0.724. The molecule has 2 heterocycles. The third kappa shape index (κ3) is 3.54. The van der Waals surface area contributed by atoms with E-state index in [1.165, 1.54) is 4.70 Å². The van der Waals surface area contributed by atoms with Crippen molar-refractivity contribution in [3.8, 4) is 0 Å². The highest BCUT2D eigenvalue weighted by Crippen LogP contribution is 2.26. The average molecular weight is 326 g/mol. The Morgan fingerprint density at radius 3 is 3.00 bits per heavy atom. The van der Waals surface area contributed by atoms with E-state index < -0.39 is 0 Å². The van der Waals surface area contributed by atoms with Crippen LogP contribution in [0.25, 0.3) is 10.2 Å². The summed E-state index contributed by atoms with van der Waals surface area (Å²) < 4.78 is 1.17. The molecule has 1 fully saturated rings. The van der Waals surface area contributed by atoms with Gasteiger partial charge in [-0.15, -0.1) is 23.7 Å². The molecule has 1 atom stereocenters. The van der Waals surface area contributed by atoms with Crippen molar-refractivity contribution in [2.75, 3.05) is 13.1 Å². The van der Waals surface area contributed by atoms with E-state index in [0.717, 1.165) is 36.5 Å². The Kier molecular flexibility index (Phi) is 5.19. The lowest BCUT2D eigenvalue weighted by molar-refractivity contribution is -0.131. The summed E-state index contributed by atoms with van der Waals surface area (Å²) in [6, 6.07) is 8.06. The summed E-state index contributed by atoms with van der Waals surface area (Å²) in [4.78, 5) is 16.9. The minimum absolute atomic E-state index is 0. The van der Waals surface area contributed by atoms with Crippen molar-refractivity contribution in [2.24, 2.45) is 5.41 Å². The first kappa shape index (κ1) is 16.2. The Labute approximate surface area is 134 Å². The van der Waals surface area contributed by atoms with E-state index in [0.29, 0.717) is 6.54 Å². The van der Waals surface area contributed by atoms with Crippen LogP contribution in [-0.2, 0) is 11.3 Å². The Balaban J connectivity index is 0.00000161. The van der Waals surface area contributed by atoms with Crippen molar-refractivity contribution in [1.29, 1.82) is 0 Å². The molecule has 4 nitrogen and oxygen atoms in total. The molecular formula is C15H20ClN3OS. The molecule has 1 aliphatic rings. The van der Waals surface area contributed by atoms with Crippen LogP contribution in [0.5, 0.6) is 0 Å². The average Bonchev–Trinajstić information content (AvgIpc) is 2.88. The third-order valence-corrected chi connectivity index (χ3v) is 4.92. The third-order valence-electron chi connectivity index (χ3n) is 3.88. The Hall–Kier alpha value is -1.17. The number of aromatic nitrogens is 1. The van der Waals surface area contributed by atoms with Crippen LogP contribution in [0.2, 0.25) is 0 Å². The van der Waals surface area contributed by atoms with Gasteiger partial charge in [0.2, 0.25) is 5.91 Å². The molecule has 1 amide bonds. The number of para-hydroxylation sites is 1. The van der Waals surface area contributed by atoms with E-state index in [1.807, 2.05) is 25.1 Å². The highest BCUT2D eigenvalue weighted by molar-refractivity contribution is 7.18. The fourth-order valence-corrected chi connectivity index (χ4v) is 3.52. The lowest BCUT2D eigenvalue weighted by Gasteiger charge is -2.32. The zero-order valence-corrected chi connectivity index (χ0v) is 13.6. The molecule has 2 aromatic rings. The number of amides is 1. The summed E-state index contributed by atoms with van der Waals surface area (Å²) in [6.07, 6.45) is 2.01. The van der Waals surface area contributed by atoms with Crippen LogP contribution in [0.3, 0.4) is 0 Å². The fraction of sp³-hybridized carbons (Fsp3) is 0.467. The maximum atomic E-state index is 12.3. The lowest BCUT2D eigenvalue weighted by Crippen LogP contribution is -2.48. The predicted molar refractivity (Wildman–Crippen MR) is 88.9 cm³/mol. The zero-order chi connectivity index (χ0) is 14.0. The quantitative estimate of drug-likeness (QED) is 0.912. The van der Waals surface area contributed by atoms with E-state index in [-0.39, 0.29) is 23.7 Å². The Morgan fingerprint density at radius 1 is 1.48 bits per heavy atom. The van der Waals surface area contributed by atoms with E-state index in [9.17, 15) is 4.79 Å². The molecule has 0 bridgehead atoms. The van der Waals surface area contributed by atoms with E-state index in [4.69, 9.17) is 0 Å². The first-order chi connectivity index (χ1) is 9.67. The van der Waals surface area contributed by atoms with Crippen molar-refractivity contribution in [2.45, 2.75) is 26.3 Å². The van der Waals surface area contributed by atoms with Gasteiger partial charge in [-0.3, -0.25) is 4.79 Å². The molecule has 0 spiro atoms. The highest BCUT2D eigenvalue weighted by Gasteiger charge is 2.34. The van der Waals surface area contributed by atoms with Crippen LogP contribution in [0, 0.1) is 5.41 Å². The number of hydrogen-bond acceptors (Lipinski definition) is 4. The van der Waals surface area contributed by atoms with Gasteiger partial charge in [0.05, 0.1) is 22.2 Å². The Morgan fingerprint density at radius 2 is 2.29 bits per heavy atom. The summed E-state index contributed by atoms with van der Waals surface area (Å²) in [5, 5.41) is 7.31. The minimum atomic E-state index is -0.283. The fourth-order valence-electron chi connectivity index (χ4n) is 2.61. The monoisotopic (exact) mass is 325 g/mol. The molecule has 21 heavy (non-hydrogen) atoms. The standard InChI is InChI=1S/C15H19N3OS.ClH/c1-15(7-4-8-16-10-15)14(19)17-9-13-18-11-5-2-3-6-12(11)20-13;/h2-3,5-6,16H,4,7-10H2,1H3,(H,17,19);1H. The molecule has 1 aromatic heterocycles. The number of rotatable bonds is 3. The van der Waals surface area contributed by atoms with Gasteiger partial charge in [-0.1, -0.05) is 12.1 Å². The minimum Gasteiger partial charge on any atom is -0.349 e. The molecular weight excluding hydrogens is 306 g/mol. The van der Waals surface area contributed by atoms with E-state index in [2.05, 4.69) is 21.7 Å². The smallest absolute Gasteiger partial charge is 0.227 e. The number of halogens is 1. The van der Waals surface area contributed by atoms with Gasteiger partial charge in [0.1, 0.15) is 5.01 Å².